The number of nitrogens with zero attached hydrogens (tertiary/aromatic N) is 1. The highest BCUT2D eigenvalue weighted by Crippen LogP contribution is 2.36. The quantitative estimate of drug-likeness (QED) is 0.930. The van der Waals surface area contributed by atoms with E-state index in [1.165, 1.54) is 12.1 Å². The van der Waals surface area contributed by atoms with Gasteiger partial charge in [0.05, 0.1) is 24.8 Å². The van der Waals surface area contributed by atoms with Crippen LogP contribution in [0.3, 0.4) is 0 Å². The van der Waals surface area contributed by atoms with E-state index in [-0.39, 0.29) is 17.5 Å². The van der Waals surface area contributed by atoms with Crippen LogP contribution in [0, 0.1) is 12.7 Å². The van der Waals surface area contributed by atoms with E-state index in [0.29, 0.717) is 6.61 Å². The van der Waals surface area contributed by atoms with Crippen LogP contribution in [-0.2, 0) is 11.3 Å². The van der Waals surface area contributed by atoms with Crippen molar-refractivity contribution in [3.05, 3.63) is 53.7 Å². The van der Waals surface area contributed by atoms with Crippen molar-refractivity contribution in [2.45, 2.75) is 38.0 Å². The van der Waals surface area contributed by atoms with Gasteiger partial charge in [0.25, 0.3) is 0 Å². The lowest BCUT2D eigenvalue weighted by atomic mass is 9.97. The molecular formula is C19H23FN2O2. The fourth-order valence-electron chi connectivity index (χ4n) is 3.89. The predicted molar refractivity (Wildman–Crippen MR) is 90.4 cm³/mol. The van der Waals surface area contributed by atoms with E-state index in [1.807, 2.05) is 25.1 Å². The number of likely N-dealkylation sites (tertiary alicyclic amines) is 1. The number of aryl methyl sites for hydroxylation is 1. The summed E-state index contributed by atoms with van der Waals surface area (Å²) in [6.45, 7) is 5.42. The summed E-state index contributed by atoms with van der Waals surface area (Å²) in [6.07, 6.45) is 1.99. The number of nitrogens with one attached hydrogen (secondary N) is 1. The van der Waals surface area contributed by atoms with E-state index >= 15 is 0 Å². The van der Waals surface area contributed by atoms with Gasteiger partial charge in [0.2, 0.25) is 0 Å². The fourth-order valence-corrected chi connectivity index (χ4v) is 3.89. The Bertz CT molecular complexity index is 717. The number of hydrogen-bond acceptors (Lipinski definition) is 4. The molecule has 128 valence electrons. The van der Waals surface area contributed by atoms with Crippen molar-refractivity contribution in [2.24, 2.45) is 0 Å². The molecule has 0 radical (unpaired) electrons. The molecule has 2 aliphatic heterocycles. The van der Waals surface area contributed by atoms with Crippen LogP contribution >= 0.6 is 0 Å². The minimum atomic E-state index is -0.214. The van der Waals surface area contributed by atoms with Crippen LogP contribution in [0.25, 0.3) is 0 Å². The standard InChI is InChI=1S/C19H23FN2O2/c1-14-5-6-18(24-14)11-22-8-7-19(13-22)10-17(12-23-19)21-16-4-2-3-15(20)9-16/h2-6,9,17,21H,7-8,10-13H2,1H3/t17-,19+/m0/s1. The van der Waals surface area contributed by atoms with Gasteiger partial charge in [-0.3, -0.25) is 4.90 Å². The molecular weight excluding hydrogens is 307 g/mol. The second kappa shape index (κ2) is 6.22. The summed E-state index contributed by atoms with van der Waals surface area (Å²) in [4.78, 5) is 2.39. The van der Waals surface area contributed by atoms with Crippen molar-refractivity contribution in [2.75, 3.05) is 25.0 Å². The van der Waals surface area contributed by atoms with E-state index in [2.05, 4.69) is 10.2 Å². The van der Waals surface area contributed by atoms with Crippen molar-refractivity contribution < 1.29 is 13.5 Å². The molecule has 1 N–H and O–H groups in total. The van der Waals surface area contributed by atoms with Gasteiger partial charge in [0.1, 0.15) is 17.3 Å². The van der Waals surface area contributed by atoms with Gasteiger partial charge in [0, 0.05) is 25.2 Å². The third-order valence-corrected chi connectivity index (χ3v) is 4.98. The van der Waals surface area contributed by atoms with E-state index in [9.17, 15) is 4.39 Å². The predicted octanol–water partition coefficient (Wildman–Crippen LogP) is 3.57. The highest BCUT2D eigenvalue weighted by atomic mass is 19.1. The molecule has 0 amide bonds. The Labute approximate surface area is 141 Å². The summed E-state index contributed by atoms with van der Waals surface area (Å²) >= 11 is 0. The van der Waals surface area contributed by atoms with Crippen molar-refractivity contribution >= 4 is 5.69 Å². The molecule has 0 bridgehead atoms. The highest BCUT2D eigenvalue weighted by molar-refractivity contribution is 5.44. The van der Waals surface area contributed by atoms with E-state index in [1.54, 1.807) is 6.07 Å². The third-order valence-electron chi connectivity index (χ3n) is 4.98. The first kappa shape index (κ1) is 15.7. The number of hydrogen-bond donors (Lipinski definition) is 1. The summed E-state index contributed by atoms with van der Waals surface area (Å²) < 4.78 is 25.1. The van der Waals surface area contributed by atoms with E-state index in [4.69, 9.17) is 9.15 Å². The first-order chi connectivity index (χ1) is 11.6. The molecule has 5 heteroatoms. The molecule has 1 spiro atoms. The van der Waals surface area contributed by atoms with Crippen molar-refractivity contribution in [3.8, 4) is 0 Å². The molecule has 24 heavy (non-hydrogen) atoms. The molecule has 0 aliphatic carbocycles. The van der Waals surface area contributed by atoms with Gasteiger partial charge in [0.15, 0.2) is 0 Å². The summed E-state index contributed by atoms with van der Waals surface area (Å²) in [5.41, 5.74) is 0.744. The molecule has 2 saturated heterocycles. The first-order valence-corrected chi connectivity index (χ1v) is 8.54. The van der Waals surface area contributed by atoms with Crippen LogP contribution in [-0.4, -0.2) is 36.2 Å². The Morgan fingerprint density at radius 3 is 3.04 bits per heavy atom. The molecule has 0 unspecified atom stereocenters. The lowest BCUT2D eigenvalue weighted by molar-refractivity contribution is 0.0115. The summed E-state index contributed by atoms with van der Waals surface area (Å²) in [6, 6.07) is 10.9. The molecule has 2 aliphatic rings. The van der Waals surface area contributed by atoms with Gasteiger partial charge >= 0.3 is 0 Å². The molecule has 4 rings (SSSR count). The molecule has 4 nitrogen and oxygen atoms in total. The largest absolute Gasteiger partial charge is 0.465 e. The topological polar surface area (TPSA) is 37.6 Å². The number of ether oxygens (including phenoxy) is 1. The zero-order valence-electron chi connectivity index (χ0n) is 13.9. The zero-order valence-corrected chi connectivity index (χ0v) is 13.9. The first-order valence-electron chi connectivity index (χ1n) is 8.54. The molecule has 2 atom stereocenters. The normalized spacial score (nSPS) is 27.2. The molecule has 2 fully saturated rings. The van der Waals surface area contributed by atoms with Crippen molar-refractivity contribution in [1.29, 1.82) is 0 Å². The van der Waals surface area contributed by atoms with Gasteiger partial charge in [-0.05, 0) is 43.7 Å². The highest BCUT2D eigenvalue weighted by Gasteiger charge is 2.45. The average Bonchev–Trinajstić information content (AvgIpc) is 3.23. The summed E-state index contributed by atoms with van der Waals surface area (Å²) in [7, 11) is 0. The van der Waals surface area contributed by atoms with Crippen LogP contribution in [0.15, 0.2) is 40.8 Å². The van der Waals surface area contributed by atoms with E-state index in [0.717, 1.165) is 49.7 Å². The van der Waals surface area contributed by atoms with E-state index < -0.39 is 0 Å². The maximum absolute atomic E-state index is 13.3. The molecule has 1 aromatic heterocycles. The van der Waals surface area contributed by atoms with Crippen molar-refractivity contribution in [3.63, 3.8) is 0 Å². The number of furan rings is 1. The minimum absolute atomic E-state index is 0.0768. The van der Waals surface area contributed by atoms with Crippen LogP contribution in [0.5, 0.6) is 0 Å². The van der Waals surface area contributed by atoms with Crippen LogP contribution in [0.4, 0.5) is 10.1 Å². The van der Waals surface area contributed by atoms with Crippen LogP contribution in [0.2, 0.25) is 0 Å². The maximum atomic E-state index is 13.3. The van der Waals surface area contributed by atoms with Gasteiger partial charge in [-0.25, -0.2) is 4.39 Å². The smallest absolute Gasteiger partial charge is 0.125 e. The molecule has 0 saturated carbocycles. The van der Waals surface area contributed by atoms with Gasteiger partial charge in [-0.1, -0.05) is 6.07 Å². The SMILES string of the molecule is Cc1ccc(CN2CC[C@@]3(C[C@H](Nc4cccc(F)c4)CO3)C2)o1. The van der Waals surface area contributed by atoms with Gasteiger partial charge in [-0.2, -0.15) is 0 Å². The Morgan fingerprint density at radius 2 is 2.25 bits per heavy atom. The zero-order chi connectivity index (χ0) is 16.6. The van der Waals surface area contributed by atoms with Crippen LogP contribution in [0.1, 0.15) is 24.4 Å². The molecule has 3 heterocycles. The van der Waals surface area contributed by atoms with Crippen molar-refractivity contribution in [1.82, 2.24) is 4.90 Å². The second-order valence-electron chi connectivity index (χ2n) is 7.02. The summed E-state index contributed by atoms with van der Waals surface area (Å²) in [5.74, 6) is 1.75. The summed E-state index contributed by atoms with van der Waals surface area (Å²) in [5, 5.41) is 3.40. The number of benzene rings is 1. The minimum Gasteiger partial charge on any atom is -0.465 e. The monoisotopic (exact) mass is 330 g/mol. The third kappa shape index (κ3) is 3.32. The number of anilines is 1. The molecule has 1 aromatic carbocycles. The Hall–Kier alpha value is -1.85. The number of halogens is 1. The number of rotatable bonds is 4. The van der Waals surface area contributed by atoms with Gasteiger partial charge in [-0.15, -0.1) is 0 Å². The molecule has 2 aromatic rings. The second-order valence-corrected chi connectivity index (χ2v) is 7.02. The van der Waals surface area contributed by atoms with Crippen LogP contribution < -0.4 is 5.32 Å². The fraction of sp³-hybridized carbons (Fsp3) is 0.474. The lowest BCUT2D eigenvalue weighted by Crippen LogP contribution is -2.33. The maximum Gasteiger partial charge on any atom is 0.125 e. The Kier molecular flexibility index (Phi) is 4.06. The Morgan fingerprint density at radius 1 is 1.33 bits per heavy atom. The Balaban J connectivity index is 1.34. The lowest BCUT2D eigenvalue weighted by Gasteiger charge is -2.23. The average molecular weight is 330 g/mol. The van der Waals surface area contributed by atoms with Gasteiger partial charge < -0.3 is 14.5 Å².